The van der Waals surface area contributed by atoms with Crippen LogP contribution in [-0.2, 0) is 13.6 Å². The normalized spacial score (nSPS) is 17.2. The number of aryl methyl sites for hydroxylation is 1. The van der Waals surface area contributed by atoms with Crippen molar-refractivity contribution in [1.82, 2.24) is 19.9 Å². The first-order chi connectivity index (χ1) is 9.31. The smallest absolute Gasteiger partial charge is 0.143 e. The summed E-state index contributed by atoms with van der Waals surface area (Å²) in [4.78, 5) is 9.10. The van der Waals surface area contributed by atoms with Gasteiger partial charge in [0, 0.05) is 31.1 Å². The number of nitrogens with one attached hydrogen (secondary N) is 1. The van der Waals surface area contributed by atoms with Crippen LogP contribution in [-0.4, -0.2) is 21.6 Å². The van der Waals surface area contributed by atoms with E-state index < -0.39 is 0 Å². The number of aromatic nitrogens is 3. The zero-order valence-electron chi connectivity index (χ0n) is 11.8. The lowest BCUT2D eigenvalue weighted by Gasteiger charge is -2.21. The van der Waals surface area contributed by atoms with E-state index in [4.69, 9.17) is 0 Å². The molecule has 2 aromatic heterocycles. The highest BCUT2D eigenvalue weighted by molar-refractivity contribution is 5.83. The monoisotopic (exact) mass is 258 g/mol. The van der Waals surface area contributed by atoms with Crippen LogP contribution < -0.4 is 5.32 Å². The van der Waals surface area contributed by atoms with E-state index in [1.54, 1.807) is 6.33 Å². The van der Waals surface area contributed by atoms with Gasteiger partial charge in [-0.05, 0) is 25.5 Å². The maximum Gasteiger partial charge on any atom is 0.143 e. The van der Waals surface area contributed by atoms with Gasteiger partial charge >= 0.3 is 0 Å². The van der Waals surface area contributed by atoms with Gasteiger partial charge in [-0.3, -0.25) is 0 Å². The molecule has 0 amide bonds. The van der Waals surface area contributed by atoms with Gasteiger partial charge in [0.05, 0.1) is 5.69 Å². The average Bonchev–Trinajstić information content (AvgIpc) is 2.77. The van der Waals surface area contributed by atoms with E-state index in [0.29, 0.717) is 5.92 Å². The molecule has 1 fully saturated rings. The minimum atomic E-state index is 0.622. The Morgan fingerprint density at radius 3 is 2.79 bits per heavy atom. The van der Waals surface area contributed by atoms with Crippen molar-refractivity contribution in [3.05, 3.63) is 23.8 Å². The van der Waals surface area contributed by atoms with Crippen molar-refractivity contribution in [3.8, 4) is 0 Å². The van der Waals surface area contributed by atoms with Crippen molar-refractivity contribution >= 4 is 11.0 Å². The summed E-state index contributed by atoms with van der Waals surface area (Å²) >= 11 is 0. The third-order valence-corrected chi connectivity index (χ3v) is 4.22. The third kappa shape index (κ3) is 2.25. The first kappa shape index (κ1) is 12.6. The Balaban J connectivity index is 2.12. The minimum absolute atomic E-state index is 0.622. The molecule has 1 N–H and O–H groups in total. The van der Waals surface area contributed by atoms with Gasteiger partial charge in [-0.2, -0.15) is 0 Å². The van der Waals surface area contributed by atoms with Crippen molar-refractivity contribution in [1.29, 1.82) is 0 Å². The minimum Gasteiger partial charge on any atom is -0.335 e. The maximum absolute atomic E-state index is 4.63. The summed E-state index contributed by atoms with van der Waals surface area (Å²) in [5.41, 5.74) is 3.66. The Morgan fingerprint density at radius 2 is 2.05 bits per heavy atom. The molecule has 0 saturated heterocycles. The molecule has 0 spiro atoms. The highest BCUT2D eigenvalue weighted by Gasteiger charge is 2.22. The van der Waals surface area contributed by atoms with Gasteiger partial charge in [-0.1, -0.05) is 19.3 Å². The molecule has 0 radical (unpaired) electrons. The zero-order chi connectivity index (χ0) is 13.2. The lowest BCUT2D eigenvalue weighted by Crippen LogP contribution is -2.09. The molecule has 4 nitrogen and oxygen atoms in total. The Morgan fingerprint density at radius 1 is 1.26 bits per heavy atom. The second-order valence-electron chi connectivity index (χ2n) is 5.59. The van der Waals surface area contributed by atoms with Crippen molar-refractivity contribution in [2.24, 2.45) is 7.05 Å². The maximum atomic E-state index is 4.63. The van der Waals surface area contributed by atoms with Crippen LogP contribution in [0, 0.1) is 0 Å². The second-order valence-corrected chi connectivity index (χ2v) is 5.59. The van der Waals surface area contributed by atoms with Gasteiger partial charge < -0.3 is 9.88 Å². The second kappa shape index (κ2) is 5.29. The highest BCUT2D eigenvalue weighted by Crippen LogP contribution is 2.36. The Labute approximate surface area is 114 Å². The van der Waals surface area contributed by atoms with Crippen LogP contribution in [0.5, 0.6) is 0 Å². The molecule has 3 rings (SSSR count). The number of nitrogens with zero attached hydrogens (tertiary/aromatic N) is 3. The van der Waals surface area contributed by atoms with Gasteiger partial charge in [0.15, 0.2) is 0 Å². The summed E-state index contributed by atoms with van der Waals surface area (Å²) in [6, 6.07) is 0. The van der Waals surface area contributed by atoms with E-state index in [-0.39, 0.29) is 0 Å². The number of hydrogen-bond donors (Lipinski definition) is 1. The molecule has 1 aliphatic rings. The van der Waals surface area contributed by atoms with E-state index in [1.807, 2.05) is 7.05 Å². The summed E-state index contributed by atoms with van der Waals surface area (Å²) in [5, 5.41) is 4.53. The van der Waals surface area contributed by atoms with Gasteiger partial charge in [0.25, 0.3) is 0 Å². The van der Waals surface area contributed by atoms with Crippen LogP contribution in [0.4, 0.5) is 0 Å². The fraction of sp³-hybridized carbons (Fsp3) is 0.600. The van der Waals surface area contributed by atoms with E-state index in [9.17, 15) is 0 Å². The van der Waals surface area contributed by atoms with E-state index in [2.05, 4.69) is 33.1 Å². The molecule has 19 heavy (non-hydrogen) atoms. The van der Waals surface area contributed by atoms with E-state index >= 15 is 0 Å². The lowest BCUT2D eigenvalue weighted by molar-refractivity contribution is 0.438. The predicted molar refractivity (Wildman–Crippen MR) is 77.1 cm³/mol. The predicted octanol–water partition coefficient (Wildman–Crippen LogP) is 2.74. The van der Waals surface area contributed by atoms with Crippen molar-refractivity contribution < 1.29 is 0 Å². The molecule has 2 heterocycles. The van der Waals surface area contributed by atoms with Crippen LogP contribution in [0.3, 0.4) is 0 Å². The number of hydrogen-bond acceptors (Lipinski definition) is 3. The quantitative estimate of drug-likeness (QED) is 0.920. The van der Waals surface area contributed by atoms with E-state index in [0.717, 1.165) is 12.2 Å². The molecule has 0 aliphatic heterocycles. The molecular weight excluding hydrogens is 236 g/mol. The lowest BCUT2D eigenvalue weighted by atomic mass is 9.85. The van der Waals surface area contributed by atoms with Gasteiger partial charge in [-0.15, -0.1) is 0 Å². The fourth-order valence-corrected chi connectivity index (χ4v) is 3.33. The first-order valence-corrected chi connectivity index (χ1v) is 7.24. The molecule has 1 aliphatic carbocycles. The molecule has 2 aromatic rings. The third-order valence-electron chi connectivity index (χ3n) is 4.22. The molecule has 0 bridgehead atoms. The topological polar surface area (TPSA) is 42.7 Å². The summed E-state index contributed by atoms with van der Waals surface area (Å²) in [6.07, 6.45) is 10.5. The van der Waals surface area contributed by atoms with Gasteiger partial charge in [0.2, 0.25) is 0 Å². The van der Waals surface area contributed by atoms with Crippen molar-refractivity contribution in [3.63, 3.8) is 0 Å². The van der Waals surface area contributed by atoms with Crippen LogP contribution in [0.1, 0.15) is 49.3 Å². The molecule has 0 unspecified atom stereocenters. The van der Waals surface area contributed by atoms with Crippen molar-refractivity contribution in [2.45, 2.75) is 44.6 Å². The average molecular weight is 258 g/mol. The molecule has 0 aromatic carbocycles. The van der Waals surface area contributed by atoms with Crippen LogP contribution >= 0.6 is 0 Å². The summed E-state index contributed by atoms with van der Waals surface area (Å²) in [6.45, 7) is 0.879. The molecule has 1 saturated carbocycles. The largest absolute Gasteiger partial charge is 0.335 e. The van der Waals surface area contributed by atoms with Gasteiger partial charge in [-0.25, -0.2) is 9.97 Å². The van der Waals surface area contributed by atoms with Crippen LogP contribution in [0.25, 0.3) is 11.0 Å². The van der Waals surface area contributed by atoms with Gasteiger partial charge in [0.1, 0.15) is 12.0 Å². The Kier molecular flexibility index (Phi) is 3.51. The molecule has 0 atom stereocenters. The fourth-order valence-electron chi connectivity index (χ4n) is 3.33. The zero-order valence-corrected chi connectivity index (χ0v) is 11.8. The van der Waals surface area contributed by atoms with Crippen molar-refractivity contribution in [2.75, 3.05) is 7.05 Å². The SMILES string of the molecule is CNCc1cn(C)c2ncnc(C3CCCCC3)c12. The van der Waals surface area contributed by atoms with Crippen LogP contribution in [0.15, 0.2) is 12.5 Å². The highest BCUT2D eigenvalue weighted by atomic mass is 15.0. The summed E-state index contributed by atoms with van der Waals surface area (Å²) in [5.74, 6) is 0.622. The summed E-state index contributed by atoms with van der Waals surface area (Å²) < 4.78 is 2.12. The Bertz CT molecular complexity index is 567. The summed E-state index contributed by atoms with van der Waals surface area (Å²) in [7, 11) is 4.06. The molecule has 4 heteroatoms. The Hall–Kier alpha value is -1.42. The first-order valence-electron chi connectivity index (χ1n) is 7.24. The number of rotatable bonds is 3. The number of fused-ring (bicyclic) bond motifs is 1. The standard InChI is InChI=1S/C15H22N4/c1-16-8-12-9-19(2)15-13(12)14(17-10-18-15)11-6-4-3-5-7-11/h9-11,16H,3-8H2,1-2H3. The van der Waals surface area contributed by atoms with Crippen LogP contribution in [0.2, 0.25) is 0 Å². The molecular formula is C15H22N4. The molecule has 102 valence electrons. The van der Waals surface area contributed by atoms with E-state index in [1.165, 1.54) is 48.7 Å².